The van der Waals surface area contributed by atoms with Crippen LogP contribution in [0.5, 0.6) is 5.75 Å². The van der Waals surface area contributed by atoms with Crippen LogP contribution in [0.15, 0.2) is 58.3 Å². The molecule has 0 bridgehead atoms. The van der Waals surface area contributed by atoms with Gasteiger partial charge in [-0.3, -0.25) is 0 Å². The lowest BCUT2D eigenvalue weighted by Crippen LogP contribution is -2.06. The van der Waals surface area contributed by atoms with Crippen molar-refractivity contribution in [2.45, 2.75) is 16.0 Å². The molecule has 0 amide bonds. The van der Waals surface area contributed by atoms with Gasteiger partial charge in [-0.1, -0.05) is 30.0 Å². The lowest BCUT2D eigenvalue weighted by molar-refractivity contribution is -0.139. The van der Waals surface area contributed by atoms with Gasteiger partial charge in [0.05, 0.1) is 5.56 Å². The highest BCUT2D eigenvalue weighted by atomic mass is 32.2. The molecule has 0 atom stereocenters. The highest BCUT2D eigenvalue weighted by Gasteiger charge is 2.33. The van der Waals surface area contributed by atoms with Crippen LogP contribution in [0.1, 0.15) is 5.56 Å². The lowest BCUT2D eigenvalue weighted by Gasteiger charge is -2.12. The average Bonchev–Trinajstić information content (AvgIpc) is 2.28. The second-order valence-corrected chi connectivity index (χ2v) is 4.71. The zero-order valence-electron chi connectivity index (χ0n) is 9.11. The summed E-state index contributed by atoms with van der Waals surface area (Å²) in [4.78, 5) is 0.683. The first kappa shape index (κ1) is 12.8. The standard InChI is InChI=1S/C13H9F3OS/c14-13(15,16)11-6-1-2-7-12(11)18-10-5-3-4-9(17)8-10/h1-8,17H. The molecule has 5 heteroatoms. The Morgan fingerprint density at radius 2 is 1.67 bits per heavy atom. The average molecular weight is 270 g/mol. The van der Waals surface area contributed by atoms with Gasteiger partial charge in [0.15, 0.2) is 0 Å². The van der Waals surface area contributed by atoms with E-state index in [9.17, 15) is 18.3 Å². The Bertz CT molecular complexity index is 552. The van der Waals surface area contributed by atoms with Gasteiger partial charge in [-0.2, -0.15) is 13.2 Å². The van der Waals surface area contributed by atoms with Crippen LogP contribution in [0.25, 0.3) is 0 Å². The maximum absolute atomic E-state index is 12.8. The normalized spacial score (nSPS) is 11.5. The van der Waals surface area contributed by atoms with Crippen molar-refractivity contribution in [2.75, 3.05) is 0 Å². The van der Waals surface area contributed by atoms with Gasteiger partial charge in [-0.15, -0.1) is 0 Å². The molecule has 0 fully saturated rings. The molecule has 0 saturated carbocycles. The zero-order valence-corrected chi connectivity index (χ0v) is 9.92. The van der Waals surface area contributed by atoms with Gasteiger partial charge >= 0.3 is 6.18 Å². The van der Waals surface area contributed by atoms with Crippen LogP contribution in [0, 0.1) is 0 Å². The van der Waals surface area contributed by atoms with Crippen molar-refractivity contribution < 1.29 is 18.3 Å². The minimum Gasteiger partial charge on any atom is -0.508 e. The van der Waals surface area contributed by atoms with E-state index in [1.54, 1.807) is 18.2 Å². The molecular weight excluding hydrogens is 261 g/mol. The summed E-state index contributed by atoms with van der Waals surface area (Å²) in [6.45, 7) is 0. The fourth-order valence-corrected chi connectivity index (χ4v) is 2.48. The SMILES string of the molecule is Oc1cccc(Sc2ccccc2C(F)(F)F)c1. The fraction of sp³-hybridized carbons (Fsp3) is 0.0769. The van der Waals surface area contributed by atoms with Gasteiger partial charge in [-0.05, 0) is 30.3 Å². The van der Waals surface area contributed by atoms with E-state index < -0.39 is 11.7 Å². The Labute approximate surface area is 106 Å². The summed E-state index contributed by atoms with van der Waals surface area (Å²) >= 11 is 0.975. The molecule has 0 aliphatic heterocycles. The summed E-state index contributed by atoms with van der Waals surface area (Å²) in [5.41, 5.74) is -0.668. The highest BCUT2D eigenvalue weighted by molar-refractivity contribution is 7.99. The summed E-state index contributed by atoms with van der Waals surface area (Å²) in [5.74, 6) is 0.0319. The third-order valence-electron chi connectivity index (χ3n) is 2.24. The van der Waals surface area contributed by atoms with Crippen LogP contribution in [0.4, 0.5) is 13.2 Å². The smallest absolute Gasteiger partial charge is 0.417 e. The van der Waals surface area contributed by atoms with Crippen molar-refractivity contribution in [2.24, 2.45) is 0 Å². The molecule has 1 N–H and O–H groups in total. The first-order valence-corrected chi connectivity index (χ1v) is 5.91. The van der Waals surface area contributed by atoms with Crippen molar-refractivity contribution in [1.82, 2.24) is 0 Å². The third kappa shape index (κ3) is 2.98. The molecule has 0 radical (unpaired) electrons. The van der Waals surface area contributed by atoms with Crippen molar-refractivity contribution >= 4 is 11.8 Å². The summed E-state index contributed by atoms with van der Waals surface area (Å²) in [7, 11) is 0. The maximum Gasteiger partial charge on any atom is 0.417 e. The summed E-state index contributed by atoms with van der Waals surface area (Å²) in [5, 5.41) is 9.28. The number of alkyl halides is 3. The van der Waals surface area contributed by atoms with E-state index in [0.717, 1.165) is 17.8 Å². The molecule has 0 unspecified atom stereocenters. The number of phenols is 1. The van der Waals surface area contributed by atoms with Gasteiger partial charge in [-0.25, -0.2) is 0 Å². The third-order valence-corrected chi connectivity index (χ3v) is 3.30. The van der Waals surface area contributed by atoms with Crippen LogP contribution >= 0.6 is 11.8 Å². The molecule has 2 aromatic rings. The van der Waals surface area contributed by atoms with Crippen LogP contribution < -0.4 is 0 Å². The molecule has 0 aromatic heterocycles. The number of phenolic OH excluding ortho intramolecular Hbond substituents is 1. The number of rotatable bonds is 2. The van der Waals surface area contributed by atoms with Crippen molar-refractivity contribution in [3.8, 4) is 5.75 Å². The number of benzene rings is 2. The van der Waals surface area contributed by atoms with Crippen LogP contribution in [0.3, 0.4) is 0 Å². The Balaban J connectivity index is 2.35. The number of hydrogen-bond acceptors (Lipinski definition) is 2. The number of hydrogen-bond donors (Lipinski definition) is 1. The molecule has 2 aromatic carbocycles. The minimum atomic E-state index is -4.37. The van der Waals surface area contributed by atoms with Gasteiger partial charge in [0.1, 0.15) is 5.75 Å². The fourth-order valence-electron chi connectivity index (χ4n) is 1.46. The summed E-state index contributed by atoms with van der Waals surface area (Å²) in [6, 6.07) is 11.5. The molecule has 0 saturated heterocycles. The van der Waals surface area contributed by atoms with Crippen LogP contribution in [0.2, 0.25) is 0 Å². The summed E-state index contributed by atoms with van der Waals surface area (Å²) in [6.07, 6.45) is -4.37. The quantitative estimate of drug-likeness (QED) is 0.863. The predicted molar refractivity (Wildman–Crippen MR) is 63.7 cm³/mol. The Morgan fingerprint density at radius 3 is 2.33 bits per heavy atom. The number of halogens is 3. The second-order valence-electron chi connectivity index (χ2n) is 3.59. The molecule has 18 heavy (non-hydrogen) atoms. The van der Waals surface area contributed by atoms with Crippen LogP contribution in [-0.2, 0) is 6.18 Å². The van der Waals surface area contributed by atoms with E-state index in [1.165, 1.54) is 24.3 Å². The Hall–Kier alpha value is -1.62. The van der Waals surface area contributed by atoms with Gasteiger partial charge in [0, 0.05) is 9.79 Å². The predicted octanol–water partition coefficient (Wildman–Crippen LogP) is 4.56. The van der Waals surface area contributed by atoms with Crippen molar-refractivity contribution in [3.05, 3.63) is 54.1 Å². The van der Waals surface area contributed by atoms with E-state index in [1.807, 2.05) is 0 Å². The van der Waals surface area contributed by atoms with E-state index in [4.69, 9.17) is 0 Å². The monoisotopic (exact) mass is 270 g/mol. The van der Waals surface area contributed by atoms with Gasteiger partial charge in [0.25, 0.3) is 0 Å². The maximum atomic E-state index is 12.8. The Morgan fingerprint density at radius 1 is 0.944 bits per heavy atom. The van der Waals surface area contributed by atoms with Gasteiger partial charge < -0.3 is 5.11 Å². The first-order chi connectivity index (χ1) is 8.47. The van der Waals surface area contributed by atoms with E-state index >= 15 is 0 Å². The first-order valence-electron chi connectivity index (χ1n) is 5.10. The van der Waals surface area contributed by atoms with Gasteiger partial charge in [0.2, 0.25) is 0 Å². The highest BCUT2D eigenvalue weighted by Crippen LogP contribution is 2.39. The van der Waals surface area contributed by atoms with E-state index in [2.05, 4.69) is 0 Å². The largest absolute Gasteiger partial charge is 0.508 e. The molecule has 0 heterocycles. The van der Waals surface area contributed by atoms with E-state index in [0.29, 0.717) is 4.90 Å². The Kier molecular flexibility index (Phi) is 3.52. The molecule has 0 aliphatic rings. The second kappa shape index (κ2) is 4.94. The lowest BCUT2D eigenvalue weighted by atomic mass is 10.2. The zero-order chi connectivity index (χ0) is 13.2. The molecule has 0 spiro atoms. The molecule has 2 rings (SSSR count). The molecule has 0 aliphatic carbocycles. The summed E-state index contributed by atoms with van der Waals surface area (Å²) < 4.78 is 38.3. The minimum absolute atomic E-state index is 0.0319. The molecular formula is C13H9F3OS. The van der Waals surface area contributed by atoms with Crippen molar-refractivity contribution in [1.29, 1.82) is 0 Å². The molecule has 1 nitrogen and oxygen atoms in total. The molecule has 94 valence electrons. The number of aromatic hydroxyl groups is 1. The van der Waals surface area contributed by atoms with Crippen molar-refractivity contribution in [3.63, 3.8) is 0 Å². The van der Waals surface area contributed by atoms with Crippen LogP contribution in [-0.4, -0.2) is 5.11 Å². The topological polar surface area (TPSA) is 20.2 Å². The van der Waals surface area contributed by atoms with E-state index in [-0.39, 0.29) is 10.6 Å².